The maximum absolute atomic E-state index is 11.6. The van der Waals surface area contributed by atoms with Crippen LogP contribution in [-0.2, 0) is 14.3 Å². The van der Waals surface area contributed by atoms with E-state index in [9.17, 15) is 9.59 Å². The van der Waals surface area contributed by atoms with E-state index in [0.717, 1.165) is 0 Å². The number of rotatable bonds is 2. The normalized spacial score (nSPS) is 26.5. The van der Waals surface area contributed by atoms with Gasteiger partial charge in [-0.25, -0.2) is 0 Å². The molecule has 0 aromatic heterocycles. The number of carbonyl (C=O) groups is 2. The van der Waals surface area contributed by atoms with Crippen LogP contribution in [0.5, 0.6) is 0 Å². The van der Waals surface area contributed by atoms with Crippen molar-refractivity contribution in [2.24, 2.45) is 5.92 Å². The highest BCUT2D eigenvalue weighted by Gasteiger charge is 2.33. The second kappa shape index (κ2) is 4.56. The van der Waals surface area contributed by atoms with Gasteiger partial charge in [-0.15, -0.1) is 0 Å². The predicted octanol–water partition coefficient (Wildman–Crippen LogP) is 2.39. The first-order valence-corrected chi connectivity index (χ1v) is 6.01. The standard InChI is InChI=1S/C11H18O3S/c1-7-5-9(12)14-8(7)6-10(13)15-11(2,3)4/h7-8H,5-6H2,1-4H3/t7?,8-/m0/s1. The minimum atomic E-state index is -0.208. The van der Waals surface area contributed by atoms with E-state index in [0.29, 0.717) is 12.8 Å². The lowest BCUT2D eigenvalue weighted by Gasteiger charge is -2.18. The van der Waals surface area contributed by atoms with Gasteiger partial charge in [0.2, 0.25) is 0 Å². The van der Waals surface area contributed by atoms with Crippen molar-refractivity contribution in [1.82, 2.24) is 0 Å². The second-order valence-electron chi connectivity index (χ2n) is 5.00. The lowest BCUT2D eigenvalue weighted by molar-refractivity contribution is -0.142. The molecule has 3 nitrogen and oxygen atoms in total. The summed E-state index contributed by atoms with van der Waals surface area (Å²) in [4.78, 5) is 22.6. The minimum absolute atomic E-state index is 0.0665. The van der Waals surface area contributed by atoms with Gasteiger partial charge in [0.15, 0.2) is 5.12 Å². The Labute approximate surface area is 94.9 Å². The number of carbonyl (C=O) groups excluding carboxylic acids is 2. The van der Waals surface area contributed by atoms with Gasteiger partial charge >= 0.3 is 5.97 Å². The van der Waals surface area contributed by atoms with Crippen molar-refractivity contribution in [1.29, 1.82) is 0 Å². The molecule has 0 spiro atoms. The van der Waals surface area contributed by atoms with Gasteiger partial charge in [0, 0.05) is 10.7 Å². The Morgan fingerprint density at radius 3 is 2.53 bits per heavy atom. The fourth-order valence-corrected chi connectivity index (χ4v) is 2.45. The molecule has 0 aliphatic carbocycles. The zero-order valence-electron chi connectivity index (χ0n) is 9.70. The third-order valence-corrected chi connectivity index (χ3v) is 3.20. The average molecular weight is 230 g/mol. The third kappa shape index (κ3) is 4.24. The molecule has 0 N–H and O–H groups in total. The summed E-state index contributed by atoms with van der Waals surface area (Å²) >= 11 is 1.32. The predicted molar refractivity (Wildman–Crippen MR) is 60.6 cm³/mol. The highest BCUT2D eigenvalue weighted by molar-refractivity contribution is 8.14. The van der Waals surface area contributed by atoms with E-state index >= 15 is 0 Å². The molecule has 0 bridgehead atoms. The molecule has 1 aliphatic rings. The van der Waals surface area contributed by atoms with Gasteiger partial charge < -0.3 is 4.74 Å². The van der Waals surface area contributed by atoms with Crippen molar-refractivity contribution in [3.8, 4) is 0 Å². The number of ether oxygens (including phenoxy) is 1. The third-order valence-electron chi connectivity index (χ3n) is 2.19. The Hall–Kier alpha value is -0.510. The Balaban J connectivity index is 2.42. The molecule has 1 saturated heterocycles. The zero-order chi connectivity index (χ0) is 11.6. The fourth-order valence-electron chi connectivity index (χ4n) is 1.52. The SMILES string of the molecule is CC1CC(=O)O[C@H]1CC(=O)SC(C)(C)C. The molecule has 4 heteroatoms. The van der Waals surface area contributed by atoms with Gasteiger partial charge in [-0.05, 0) is 0 Å². The van der Waals surface area contributed by atoms with E-state index in [1.54, 1.807) is 0 Å². The number of hydrogen-bond donors (Lipinski definition) is 0. The number of hydrogen-bond acceptors (Lipinski definition) is 4. The molecule has 0 aromatic rings. The van der Waals surface area contributed by atoms with E-state index in [-0.39, 0.29) is 27.9 Å². The summed E-state index contributed by atoms with van der Waals surface area (Å²) in [7, 11) is 0. The van der Waals surface area contributed by atoms with Gasteiger partial charge in [-0.1, -0.05) is 39.5 Å². The summed E-state index contributed by atoms with van der Waals surface area (Å²) in [5.74, 6) is -0.0110. The minimum Gasteiger partial charge on any atom is -0.462 e. The Kier molecular flexibility index (Phi) is 3.82. The van der Waals surface area contributed by atoms with Crippen LogP contribution in [0.2, 0.25) is 0 Å². The molecule has 0 radical (unpaired) electrons. The molecule has 2 atom stereocenters. The van der Waals surface area contributed by atoms with E-state index in [1.807, 2.05) is 27.7 Å². The van der Waals surface area contributed by atoms with Gasteiger partial charge in [0.05, 0.1) is 12.8 Å². The molecule has 0 aromatic carbocycles. The first-order chi connectivity index (χ1) is 6.78. The van der Waals surface area contributed by atoms with Crippen LogP contribution >= 0.6 is 11.8 Å². The average Bonchev–Trinajstić information content (AvgIpc) is 2.25. The van der Waals surface area contributed by atoms with Crippen molar-refractivity contribution >= 4 is 22.8 Å². The van der Waals surface area contributed by atoms with Crippen LogP contribution < -0.4 is 0 Å². The van der Waals surface area contributed by atoms with Crippen LogP contribution in [0.25, 0.3) is 0 Å². The number of thioether (sulfide) groups is 1. The maximum Gasteiger partial charge on any atom is 0.306 e. The molecular weight excluding hydrogens is 212 g/mol. The number of cyclic esters (lactones) is 1. The maximum atomic E-state index is 11.6. The summed E-state index contributed by atoms with van der Waals surface area (Å²) < 4.78 is 5.02. The molecule has 0 amide bonds. The van der Waals surface area contributed by atoms with Gasteiger partial charge in [-0.3, -0.25) is 9.59 Å². The topological polar surface area (TPSA) is 43.4 Å². The summed E-state index contributed by atoms with van der Waals surface area (Å²) in [6.07, 6.45) is 0.576. The summed E-state index contributed by atoms with van der Waals surface area (Å²) in [6, 6.07) is 0. The smallest absolute Gasteiger partial charge is 0.306 e. The molecule has 86 valence electrons. The highest BCUT2D eigenvalue weighted by Crippen LogP contribution is 2.30. The molecule has 1 heterocycles. The van der Waals surface area contributed by atoms with E-state index in [4.69, 9.17) is 4.74 Å². The van der Waals surface area contributed by atoms with Crippen molar-refractivity contribution in [3.05, 3.63) is 0 Å². The van der Waals surface area contributed by atoms with E-state index in [2.05, 4.69) is 0 Å². The fraction of sp³-hybridized carbons (Fsp3) is 0.818. The monoisotopic (exact) mass is 230 g/mol. The zero-order valence-corrected chi connectivity index (χ0v) is 10.5. The lowest BCUT2D eigenvalue weighted by atomic mass is 10.0. The first kappa shape index (κ1) is 12.6. The van der Waals surface area contributed by atoms with Gasteiger partial charge in [-0.2, -0.15) is 0 Å². The molecule has 1 rings (SSSR count). The molecular formula is C11H18O3S. The Morgan fingerprint density at radius 1 is 1.53 bits per heavy atom. The summed E-state index contributed by atoms with van der Waals surface area (Å²) in [5, 5.41) is 0.106. The highest BCUT2D eigenvalue weighted by atomic mass is 32.2. The van der Waals surface area contributed by atoms with Crippen molar-refractivity contribution in [2.45, 2.75) is 51.4 Å². The van der Waals surface area contributed by atoms with Gasteiger partial charge in [0.1, 0.15) is 6.10 Å². The van der Waals surface area contributed by atoms with Crippen LogP contribution in [0.1, 0.15) is 40.5 Å². The molecule has 1 fully saturated rings. The van der Waals surface area contributed by atoms with Crippen molar-refractivity contribution < 1.29 is 14.3 Å². The molecule has 0 saturated carbocycles. The summed E-state index contributed by atoms with van der Waals surface area (Å²) in [5.41, 5.74) is 0. The van der Waals surface area contributed by atoms with Gasteiger partial charge in [0.25, 0.3) is 0 Å². The van der Waals surface area contributed by atoms with E-state index < -0.39 is 0 Å². The molecule has 15 heavy (non-hydrogen) atoms. The Morgan fingerprint density at radius 2 is 2.13 bits per heavy atom. The largest absolute Gasteiger partial charge is 0.462 e. The molecule has 1 aliphatic heterocycles. The van der Waals surface area contributed by atoms with Crippen molar-refractivity contribution in [2.75, 3.05) is 0 Å². The van der Waals surface area contributed by atoms with Crippen LogP contribution in [-0.4, -0.2) is 21.9 Å². The van der Waals surface area contributed by atoms with E-state index in [1.165, 1.54) is 11.8 Å². The quantitative estimate of drug-likeness (QED) is 0.683. The van der Waals surface area contributed by atoms with Crippen molar-refractivity contribution in [3.63, 3.8) is 0 Å². The van der Waals surface area contributed by atoms with Crippen LogP contribution in [0.4, 0.5) is 0 Å². The van der Waals surface area contributed by atoms with Crippen LogP contribution in [0, 0.1) is 5.92 Å². The molecule has 1 unspecified atom stereocenters. The first-order valence-electron chi connectivity index (χ1n) is 5.19. The number of esters is 1. The Bertz CT molecular complexity index is 267. The lowest BCUT2D eigenvalue weighted by Crippen LogP contribution is -2.20. The second-order valence-corrected chi connectivity index (χ2v) is 6.88. The van der Waals surface area contributed by atoms with Crippen LogP contribution in [0.15, 0.2) is 0 Å². The van der Waals surface area contributed by atoms with Crippen LogP contribution in [0.3, 0.4) is 0 Å². The summed E-state index contributed by atoms with van der Waals surface area (Å²) in [6.45, 7) is 7.95.